The molecule has 1 aromatic carbocycles. The zero-order chi connectivity index (χ0) is 15.9. The van der Waals surface area contributed by atoms with Crippen molar-refractivity contribution < 1.29 is 14.6 Å². The number of hydrogen-bond acceptors (Lipinski definition) is 4. The molecule has 2 atom stereocenters. The van der Waals surface area contributed by atoms with Gasteiger partial charge in [0.05, 0.1) is 6.04 Å². The van der Waals surface area contributed by atoms with E-state index in [1.54, 1.807) is 50.4 Å². The average Bonchev–Trinajstić information content (AvgIpc) is 2.49. The van der Waals surface area contributed by atoms with Crippen molar-refractivity contribution in [2.45, 2.75) is 31.6 Å². The summed E-state index contributed by atoms with van der Waals surface area (Å²) in [7, 11) is 0. The summed E-state index contributed by atoms with van der Waals surface area (Å²) in [6, 6.07) is 9.24. The predicted octanol–water partition coefficient (Wildman–Crippen LogP) is 1.78. The van der Waals surface area contributed by atoms with E-state index in [9.17, 15) is 14.7 Å². The van der Waals surface area contributed by atoms with Crippen molar-refractivity contribution >= 4 is 6.29 Å². The molecule has 0 spiro atoms. The maximum absolute atomic E-state index is 12.2. The van der Waals surface area contributed by atoms with Gasteiger partial charge < -0.3 is 14.4 Å². The Kier molecular flexibility index (Phi) is 3.37. The number of carbonyl (C=O) groups is 1. The van der Waals surface area contributed by atoms with Crippen LogP contribution in [-0.4, -0.2) is 27.7 Å². The average molecular weight is 299 g/mol. The Morgan fingerprint density at radius 3 is 2.73 bits per heavy atom. The van der Waals surface area contributed by atoms with Gasteiger partial charge in [0.15, 0.2) is 0 Å². The van der Waals surface area contributed by atoms with Crippen molar-refractivity contribution in [3.63, 3.8) is 0 Å². The number of aliphatic hydroxyl groups is 1. The Morgan fingerprint density at radius 2 is 2.05 bits per heavy atom. The molecule has 1 aliphatic heterocycles. The molecule has 5 heteroatoms. The molecule has 0 amide bonds. The number of hydrogen-bond donors (Lipinski definition) is 1. The van der Waals surface area contributed by atoms with Gasteiger partial charge in [-0.15, -0.1) is 0 Å². The van der Waals surface area contributed by atoms with Gasteiger partial charge >= 0.3 is 0 Å². The number of rotatable bonds is 2. The van der Waals surface area contributed by atoms with Gasteiger partial charge in [-0.1, -0.05) is 6.07 Å². The van der Waals surface area contributed by atoms with E-state index in [-0.39, 0.29) is 5.56 Å². The maximum atomic E-state index is 12.2. The van der Waals surface area contributed by atoms with Crippen LogP contribution < -0.4 is 10.3 Å². The van der Waals surface area contributed by atoms with Crippen LogP contribution in [0.1, 0.15) is 35.8 Å². The number of carbonyl (C=O) groups excluding carboxylic acids is 1. The lowest BCUT2D eigenvalue weighted by Crippen LogP contribution is -2.52. The number of fused-ring (bicyclic) bond motifs is 1. The fourth-order valence-electron chi connectivity index (χ4n) is 2.83. The van der Waals surface area contributed by atoms with Crippen LogP contribution in [0.2, 0.25) is 0 Å². The summed E-state index contributed by atoms with van der Waals surface area (Å²) in [5.41, 5.74) is 0.0370. The van der Waals surface area contributed by atoms with Crippen molar-refractivity contribution in [1.82, 2.24) is 4.57 Å². The quantitative estimate of drug-likeness (QED) is 0.858. The van der Waals surface area contributed by atoms with Gasteiger partial charge in [-0.2, -0.15) is 0 Å². The van der Waals surface area contributed by atoms with E-state index < -0.39 is 17.7 Å². The fraction of sp³-hybridized carbons (Fsp3) is 0.294. The van der Waals surface area contributed by atoms with E-state index in [1.807, 2.05) is 0 Å². The Morgan fingerprint density at radius 1 is 1.27 bits per heavy atom. The zero-order valence-electron chi connectivity index (χ0n) is 12.4. The third-order valence-corrected chi connectivity index (χ3v) is 4.02. The lowest BCUT2D eigenvalue weighted by molar-refractivity contribution is -0.0642. The molecule has 0 saturated carbocycles. The second-order valence-electron chi connectivity index (χ2n) is 5.96. The summed E-state index contributed by atoms with van der Waals surface area (Å²) < 4.78 is 7.32. The number of pyridine rings is 1. The van der Waals surface area contributed by atoms with Crippen molar-refractivity contribution in [3.8, 4) is 5.75 Å². The first-order valence-electron chi connectivity index (χ1n) is 7.07. The number of aldehydes is 1. The number of nitrogens with zero attached hydrogens (tertiary/aromatic N) is 1. The van der Waals surface area contributed by atoms with Crippen LogP contribution in [-0.2, 0) is 0 Å². The number of ether oxygens (including phenoxy) is 1. The molecule has 2 unspecified atom stereocenters. The summed E-state index contributed by atoms with van der Waals surface area (Å²) in [4.78, 5) is 23.2. The van der Waals surface area contributed by atoms with E-state index >= 15 is 0 Å². The van der Waals surface area contributed by atoms with Gasteiger partial charge in [0, 0.05) is 23.4 Å². The standard InChI is InChI=1S/C17H17NO4/c1-17(2)16(21)15(18-8-4-3-5-14(18)20)12-9-11(10-19)6-7-13(12)22-17/h3-10,15-16,21H,1-2H3. The number of aromatic nitrogens is 1. The molecule has 0 radical (unpaired) electrons. The SMILES string of the molecule is CC1(C)Oc2ccc(C=O)cc2C(n2ccccc2=O)C1O. The Labute approximate surface area is 127 Å². The first-order valence-corrected chi connectivity index (χ1v) is 7.07. The molecule has 1 N–H and O–H groups in total. The fourth-order valence-corrected chi connectivity index (χ4v) is 2.83. The second-order valence-corrected chi connectivity index (χ2v) is 5.96. The Balaban J connectivity index is 2.26. The summed E-state index contributed by atoms with van der Waals surface area (Å²) >= 11 is 0. The molecule has 114 valence electrons. The monoisotopic (exact) mass is 299 g/mol. The van der Waals surface area contributed by atoms with Crippen LogP contribution in [0.4, 0.5) is 0 Å². The maximum Gasteiger partial charge on any atom is 0.251 e. The van der Waals surface area contributed by atoms with Crippen LogP contribution in [0.3, 0.4) is 0 Å². The third-order valence-electron chi connectivity index (χ3n) is 4.02. The molecule has 22 heavy (non-hydrogen) atoms. The predicted molar refractivity (Wildman–Crippen MR) is 81.4 cm³/mol. The van der Waals surface area contributed by atoms with Crippen molar-refractivity contribution in [2.24, 2.45) is 0 Å². The zero-order valence-corrected chi connectivity index (χ0v) is 12.4. The van der Waals surface area contributed by atoms with E-state index in [4.69, 9.17) is 4.74 Å². The van der Waals surface area contributed by atoms with Crippen molar-refractivity contribution in [1.29, 1.82) is 0 Å². The minimum Gasteiger partial charge on any atom is -0.485 e. The van der Waals surface area contributed by atoms with Crippen LogP contribution in [0.15, 0.2) is 47.4 Å². The minimum atomic E-state index is -0.929. The summed E-state index contributed by atoms with van der Waals surface area (Å²) in [6.07, 6.45) is 1.44. The first kappa shape index (κ1) is 14.5. The normalized spacial score (nSPS) is 22.5. The van der Waals surface area contributed by atoms with E-state index in [1.165, 1.54) is 10.6 Å². The van der Waals surface area contributed by atoms with Crippen LogP contribution >= 0.6 is 0 Å². The highest BCUT2D eigenvalue weighted by Gasteiger charge is 2.44. The highest BCUT2D eigenvalue weighted by atomic mass is 16.5. The van der Waals surface area contributed by atoms with Crippen molar-refractivity contribution in [2.75, 3.05) is 0 Å². The highest BCUT2D eigenvalue weighted by molar-refractivity contribution is 5.76. The van der Waals surface area contributed by atoms with Crippen LogP contribution in [0.25, 0.3) is 0 Å². The molecule has 2 heterocycles. The topological polar surface area (TPSA) is 68.5 Å². The smallest absolute Gasteiger partial charge is 0.251 e. The highest BCUT2D eigenvalue weighted by Crippen LogP contribution is 2.41. The lowest BCUT2D eigenvalue weighted by atomic mass is 9.85. The molecule has 1 aliphatic rings. The summed E-state index contributed by atoms with van der Waals surface area (Å²) in [6.45, 7) is 3.55. The molecule has 5 nitrogen and oxygen atoms in total. The van der Waals surface area contributed by atoms with Gasteiger partial charge in [0.2, 0.25) is 0 Å². The van der Waals surface area contributed by atoms with Crippen LogP contribution in [0.5, 0.6) is 5.75 Å². The van der Waals surface area contributed by atoms with Gasteiger partial charge in [-0.05, 0) is 38.1 Å². The number of benzene rings is 1. The molecular formula is C17H17NO4. The molecule has 0 fully saturated rings. The van der Waals surface area contributed by atoms with Gasteiger partial charge in [0.25, 0.3) is 5.56 Å². The number of aliphatic hydroxyl groups excluding tert-OH is 1. The lowest BCUT2D eigenvalue weighted by Gasteiger charge is -2.42. The van der Waals surface area contributed by atoms with E-state index in [0.717, 1.165) is 6.29 Å². The second kappa shape index (κ2) is 5.10. The third kappa shape index (κ3) is 2.23. The first-order chi connectivity index (χ1) is 10.4. The molecule has 0 bridgehead atoms. The molecule has 0 aliphatic carbocycles. The molecule has 0 saturated heterocycles. The molecule has 2 aromatic rings. The van der Waals surface area contributed by atoms with Crippen molar-refractivity contribution in [3.05, 3.63) is 64.1 Å². The van der Waals surface area contributed by atoms with Gasteiger partial charge in [0.1, 0.15) is 23.7 Å². The molecule has 1 aromatic heterocycles. The summed E-state index contributed by atoms with van der Waals surface area (Å²) in [5.74, 6) is 0.571. The Hall–Kier alpha value is -2.40. The minimum absolute atomic E-state index is 0.216. The van der Waals surface area contributed by atoms with Gasteiger partial charge in [-0.25, -0.2) is 0 Å². The molecular weight excluding hydrogens is 282 g/mol. The van der Waals surface area contributed by atoms with E-state index in [0.29, 0.717) is 16.9 Å². The molecule has 3 rings (SSSR count). The van der Waals surface area contributed by atoms with Gasteiger partial charge in [-0.3, -0.25) is 9.59 Å². The summed E-state index contributed by atoms with van der Waals surface area (Å²) in [5, 5.41) is 10.7. The van der Waals surface area contributed by atoms with Crippen LogP contribution in [0, 0.1) is 0 Å². The Bertz CT molecular complexity index is 778. The largest absolute Gasteiger partial charge is 0.485 e. The van der Waals surface area contributed by atoms with E-state index in [2.05, 4.69) is 0 Å².